The number of benzene rings is 7. The highest BCUT2D eigenvalue weighted by atomic mass is 16.3. The number of furan rings is 1. The van der Waals surface area contributed by atoms with Gasteiger partial charge in [-0.15, -0.1) is 0 Å². The molecule has 7 aromatic carbocycles. The number of hydrogen-bond acceptors (Lipinski definition) is 3. The second-order valence-corrected chi connectivity index (χ2v) is 13.0. The van der Waals surface area contributed by atoms with Crippen LogP contribution in [0.4, 0.5) is 0 Å². The number of aromatic nitrogens is 4. The van der Waals surface area contributed by atoms with Crippen molar-refractivity contribution in [3.63, 3.8) is 0 Å². The molecule has 0 aliphatic carbocycles. The SMILES string of the molecule is c1ccc(-c2ccccc2-n2c3ccccc3c3ccccc32)c(-c2ccc3oc4cnc(-n5c6ccccc6c6ccccc65)nc4c3c2)c1. The van der Waals surface area contributed by atoms with E-state index in [1.165, 1.54) is 32.6 Å². The van der Waals surface area contributed by atoms with E-state index in [0.29, 0.717) is 11.5 Å². The molecule has 5 nitrogen and oxygen atoms in total. The van der Waals surface area contributed by atoms with Crippen molar-refractivity contribution < 1.29 is 4.42 Å². The monoisotopic (exact) mass is 652 g/mol. The number of rotatable bonds is 4. The van der Waals surface area contributed by atoms with E-state index in [-0.39, 0.29) is 0 Å². The molecule has 0 saturated heterocycles. The van der Waals surface area contributed by atoms with E-state index in [1.54, 1.807) is 6.20 Å². The molecule has 0 radical (unpaired) electrons. The van der Waals surface area contributed by atoms with E-state index in [0.717, 1.165) is 55.5 Å². The van der Waals surface area contributed by atoms with Crippen molar-refractivity contribution in [2.75, 3.05) is 0 Å². The highest BCUT2D eigenvalue weighted by Gasteiger charge is 2.19. The zero-order valence-electron chi connectivity index (χ0n) is 27.4. The second kappa shape index (κ2) is 10.8. The van der Waals surface area contributed by atoms with Crippen LogP contribution in [0, 0.1) is 0 Å². The molecule has 4 aromatic heterocycles. The van der Waals surface area contributed by atoms with Gasteiger partial charge in [-0.2, -0.15) is 0 Å². The van der Waals surface area contributed by atoms with Gasteiger partial charge >= 0.3 is 0 Å². The molecule has 0 atom stereocenters. The van der Waals surface area contributed by atoms with Crippen LogP contribution in [0.3, 0.4) is 0 Å². The van der Waals surface area contributed by atoms with Crippen LogP contribution in [-0.4, -0.2) is 19.1 Å². The molecule has 5 heteroatoms. The Bertz CT molecular complexity index is 3060. The molecule has 0 aliphatic rings. The molecular formula is C46H28N4O. The third-order valence-electron chi connectivity index (χ3n) is 10.2. The van der Waals surface area contributed by atoms with Crippen molar-refractivity contribution in [1.29, 1.82) is 0 Å². The van der Waals surface area contributed by atoms with Gasteiger partial charge in [0.2, 0.25) is 5.95 Å². The molecular weight excluding hydrogens is 625 g/mol. The number of nitrogens with zero attached hydrogens (tertiary/aromatic N) is 4. The first-order chi connectivity index (χ1) is 25.3. The molecule has 11 rings (SSSR count). The Hall–Kier alpha value is -6.98. The summed E-state index contributed by atoms with van der Waals surface area (Å²) in [6.45, 7) is 0. The molecule has 0 bridgehead atoms. The van der Waals surface area contributed by atoms with Gasteiger partial charge in [-0.05, 0) is 59.2 Å². The molecule has 0 fully saturated rings. The summed E-state index contributed by atoms with van der Waals surface area (Å²) in [6.07, 6.45) is 1.80. The van der Waals surface area contributed by atoms with Gasteiger partial charge in [0.1, 0.15) is 11.1 Å². The minimum absolute atomic E-state index is 0.619. The molecule has 238 valence electrons. The molecule has 0 aliphatic heterocycles. The van der Waals surface area contributed by atoms with Crippen molar-refractivity contribution in [2.24, 2.45) is 0 Å². The molecule has 0 spiro atoms. The summed E-state index contributed by atoms with van der Waals surface area (Å²) in [5.41, 5.74) is 12.4. The van der Waals surface area contributed by atoms with Crippen LogP contribution in [0.25, 0.3) is 99.6 Å². The van der Waals surface area contributed by atoms with Crippen LogP contribution in [0.1, 0.15) is 0 Å². The molecule has 0 saturated carbocycles. The summed E-state index contributed by atoms with van der Waals surface area (Å²) in [4.78, 5) is 9.99. The van der Waals surface area contributed by atoms with E-state index < -0.39 is 0 Å². The zero-order chi connectivity index (χ0) is 33.5. The van der Waals surface area contributed by atoms with Crippen LogP contribution < -0.4 is 0 Å². The van der Waals surface area contributed by atoms with Gasteiger partial charge in [-0.1, -0.05) is 121 Å². The summed E-state index contributed by atoms with van der Waals surface area (Å²) < 4.78 is 10.9. The fourth-order valence-corrected chi connectivity index (χ4v) is 8.01. The summed E-state index contributed by atoms with van der Waals surface area (Å²) in [5.74, 6) is 0.619. The van der Waals surface area contributed by atoms with Crippen LogP contribution >= 0.6 is 0 Å². The Labute approximate surface area is 292 Å². The van der Waals surface area contributed by atoms with Gasteiger partial charge in [0.05, 0.1) is 34.0 Å². The third kappa shape index (κ3) is 4.09. The Kier molecular flexibility index (Phi) is 5.89. The lowest BCUT2D eigenvalue weighted by Gasteiger charge is -2.17. The van der Waals surface area contributed by atoms with E-state index >= 15 is 0 Å². The Morgan fingerprint density at radius 3 is 1.55 bits per heavy atom. The Morgan fingerprint density at radius 1 is 0.412 bits per heavy atom. The summed E-state index contributed by atoms with van der Waals surface area (Å²) in [5, 5.41) is 5.80. The van der Waals surface area contributed by atoms with Gasteiger partial charge in [-0.3, -0.25) is 4.57 Å². The van der Waals surface area contributed by atoms with Crippen LogP contribution in [0.2, 0.25) is 0 Å². The van der Waals surface area contributed by atoms with Crippen LogP contribution in [-0.2, 0) is 0 Å². The summed E-state index contributed by atoms with van der Waals surface area (Å²) in [7, 11) is 0. The van der Waals surface area contributed by atoms with Crippen molar-refractivity contribution in [3.05, 3.63) is 170 Å². The van der Waals surface area contributed by atoms with E-state index in [4.69, 9.17) is 14.4 Å². The maximum Gasteiger partial charge on any atom is 0.235 e. The van der Waals surface area contributed by atoms with Crippen LogP contribution in [0.5, 0.6) is 0 Å². The van der Waals surface area contributed by atoms with Gasteiger partial charge in [0, 0.05) is 32.5 Å². The number of para-hydroxylation sites is 5. The topological polar surface area (TPSA) is 48.8 Å². The van der Waals surface area contributed by atoms with E-state index in [1.807, 2.05) is 0 Å². The normalized spacial score (nSPS) is 11.9. The first-order valence-electron chi connectivity index (χ1n) is 17.2. The van der Waals surface area contributed by atoms with E-state index in [2.05, 4.69) is 173 Å². The van der Waals surface area contributed by atoms with Crippen molar-refractivity contribution in [1.82, 2.24) is 19.1 Å². The average molecular weight is 653 g/mol. The smallest absolute Gasteiger partial charge is 0.235 e. The molecule has 0 unspecified atom stereocenters. The minimum atomic E-state index is 0.619. The first kappa shape index (κ1) is 27.9. The maximum atomic E-state index is 6.32. The van der Waals surface area contributed by atoms with Crippen LogP contribution in [0.15, 0.2) is 174 Å². The zero-order valence-corrected chi connectivity index (χ0v) is 27.4. The third-order valence-corrected chi connectivity index (χ3v) is 10.2. The quantitative estimate of drug-likeness (QED) is 0.190. The molecule has 51 heavy (non-hydrogen) atoms. The van der Waals surface area contributed by atoms with Crippen molar-refractivity contribution in [2.45, 2.75) is 0 Å². The summed E-state index contributed by atoms with van der Waals surface area (Å²) in [6, 6.07) is 58.0. The second-order valence-electron chi connectivity index (χ2n) is 13.0. The van der Waals surface area contributed by atoms with Gasteiger partial charge < -0.3 is 8.98 Å². The largest absolute Gasteiger partial charge is 0.453 e. The highest BCUT2D eigenvalue weighted by Crippen LogP contribution is 2.41. The fraction of sp³-hybridized carbons (Fsp3) is 0. The highest BCUT2D eigenvalue weighted by molar-refractivity contribution is 6.11. The standard InChI is InChI=1S/C46H28N4O/c1-2-14-31(32-15-3-8-20-38(32)49-39-21-9-4-16-33(39)34-17-5-10-22-40(34)49)30(13-1)29-25-26-43-37(27-29)45-44(51-43)28-47-46(48-45)50-41-23-11-6-18-35(41)36-19-7-12-24-42(36)50/h1-28H. The lowest BCUT2D eigenvalue weighted by atomic mass is 9.93. The van der Waals surface area contributed by atoms with Crippen molar-refractivity contribution >= 4 is 65.7 Å². The van der Waals surface area contributed by atoms with Gasteiger partial charge in [0.15, 0.2) is 5.58 Å². The number of hydrogen-bond donors (Lipinski definition) is 0. The van der Waals surface area contributed by atoms with E-state index in [9.17, 15) is 0 Å². The molecule has 11 aromatic rings. The Balaban J connectivity index is 1.10. The average Bonchev–Trinajstić information content (AvgIpc) is 3.85. The van der Waals surface area contributed by atoms with Gasteiger partial charge in [0.25, 0.3) is 0 Å². The Morgan fingerprint density at radius 2 is 0.922 bits per heavy atom. The molecule has 0 amide bonds. The molecule has 4 heterocycles. The van der Waals surface area contributed by atoms with Gasteiger partial charge in [-0.25, -0.2) is 9.97 Å². The lowest BCUT2D eigenvalue weighted by Crippen LogP contribution is -2.00. The predicted molar refractivity (Wildman–Crippen MR) is 209 cm³/mol. The predicted octanol–water partition coefficient (Wildman–Crippen LogP) is 11.9. The molecule has 0 N–H and O–H groups in total. The summed E-state index contributed by atoms with van der Waals surface area (Å²) >= 11 is 0. The number of fused-ring (bicyclic) bond motifs is 9. The van der Waals surface area contributed by atoms with Crippen molar-refractivity contribution in [3.8, 4) is 33.9 Å². The fourth-order valence-electron chi connectivity index (χ4n) is 8.01. The minimum Gasteiger partial charge on any atom is -0.453 e. The maximum absolute atomic E-state index is 6.32. The first-order valence-corrected chi connectivity index (χ1v) is 17.2. The lowest BCUT2D eigenvalue weighted by molar-refractivity contribution is 0.665.